The van der Waals surface area contributed by atoms with Gasteiger partial charge in [-0.3, -0.25) is 9.63 Å². The van der Waals surface area contributed by atoms with Crippen LogP contribution in [0.3, 0.4) is 0 Å². The number of aliphatic carboxylic acids is 2. The number of benzene rings is 2. The molecule has 0 aromatic heterocycles. The Bertz CT molecular complexity index is 1240. The van der Waals surface area contributed by atoms with Crippen LogP contribution in [0.1, 0.15) is 34.3 Å². The Hall–Kier alpha value is -3.70. The third kappa shape index (κ3) is 6.75. The Morgan fingerprint density at radius 2 is 1.68 bits per heavy atom. The molecule has 1 heterocycles. The van der Waals surface area contributed by atoms with Crippen LogP contribution < -0.4 is 16.1 Å². The highest BCUT2D eigenvalue weighted by Gasteiger charge is 2.38. The van der Waals surface area contributed by atoms with Crippen LogP contribution in [-0.4, -0.2) is 54.9 Å². The second kappa shape index (κ2) is 13.0. The van der Waals surface area contributed by atoms with Gasteiger partial charge in [-0.2, -0.15) is 5.48 Å². The highest BCUT2D eigenvalue weighted by molar-refractivity contribution is 6.31. The summed E-state index contributed by atoms with van der Waals surface area (Å²) in [5, 5.41) is 25.6. The Balaban J connectivity index is 1.64. The maximum Gasteiger partial charge on any atom is 0.334 e. The molecular weight excluding hydrogens is 502 g/mol. The summed E-state index contributed by atoms with van der Waals surface area (Å²) >= 11 is 6.32. The smallest absolute Gasteiger partial charge is 0.334 e. The Labute approximate surface area is 218 Å². The van der Waals surface area contributed by atoms with E-state index in [9.17, 15) is 24.6 Å². The summed E-state index contributed by atoms with van der Waals surface area (Å²) in [6, 6.07) is 13.6. The molecule has 0 radical (unpaired) electrons. The van der Waals surface area contributed by atoms with Gasteiger partial charge < -0.3 is 25.6 Å². The second-order valence-corrected chi connectivity index (χ2v) is 8.50. The second-order valence-electron chi connectivity index (χ2n) is 8.09. The number of carboxylic acids is 2. The Morgan fingerprint density at radius 3 is 2.35 bits per heavy atom. The van der Waals surface area contributed by atoms with Gasteiger partial charge in [0.05, 0.1) is 42.6 Å². The van der Waals surface area contributed by atoms with Crippen LogP contribution in [-0.2, 0) is 25.8 Å². The molecule has 1 amide bonds. The number of ether oxygens (including phenoxy) is 1. The highest BCUT2D eigenvalue weighted by atomic mass is 35.5. The SMILES string of the molecule is CNC(=O)c1ccccc1CONCCOCC1=C(C(=O)O)C(c2ccccc2Cl)C(C(=O)O)=C(C)N1. The minimum Gasteiger partial charge on any atom is -0.478 e. The van der Waals surface area contributed by atoms with Crippen molar-refractivity contribution < 1.29 is 34.2 Å². The number of dihydropyridines is 1. The zero-order valence-electron chi connectivity index (χ0n) is 20.3. The largest absolute Gasteiger partial charge is 0.478 e. The van der Waals surface area contributed by atoms with E-state index in [1.54, 1.807) is 62.5 Å². The number of carbonyl (C=O) groups excluding carboxylic acids is 1. The molecule has 196 valence electrons. The summed E-state index contributed by atoms with van der Waals surface area (Å²) in [5.41, 5.74) is 4.64. The van der Waals surface area contributed by atoms with E-state index >= 15 is 0 Å². The standard InChI is InChI=1S/C26H28ClN3O7/c1-15-21(25(32)33)22(18-9-5-6-10-19(18)27)23(26(34)35)20(30-15)14-36-12-11-29-37-13-16-7-3-4-8-17(16)24(31)28-2/h3-10,22,29-30H,11-14H2,1-2H3,(H,28,31)(H,32,33)(H,34,35). The summed E-state index contributed by atoms with van der Waals surface area (Å²) in [6.07, 6.45) is 0. The number of carboxylic acid groups (broad SMARTS) is 2. The molecule has 37 heavy (non-hydrogen) atoms. The first-order valence-electron chi connectivity index (χ1n) is 11.4. The first-order chi connectivity index (χ1) is 17.8. The first kappa shape index (κ1) is 27.9. The lowest BCUT2D eigenvalue weighted by atomic mass is 9.80. The molecule has 2 aromatic carbocycles. The summed E-state index contributed by atoms with van der Waals surface area (Å²) in [5.74, 6) is -3.81. The molecule has 0 saturated heterocycles. The quantitative estimate of drug-likeness (QED) is 0.207. The molecule has 1 aliphatic heterocycles. The van der Waals surface area contributed by atoms with Gasteiger partial charge in [-0.1, -0.05) is 48.0 Å². The van der Waals surface area contributed by atoms with Crippen molar-refractivity contribution in [3.05, 3.63) is 92.8 Å². The fourth-order valence-corrected chi connectivity index (χ4v) is 4.30. The molecule has 1 atom stereocenters. The van der Waals surface area contributed by atoms with Gasteiger partial charge in [-0.25, -0.2) is 9.59 Å². The zero-order chi connectivity index (χ0) is 26.9. The number of halogens is 1. The van der Waals surface area contributed by atoms with Crippen molar-refractivity contribution in [2.75, 3.05) is 26.8 Å². The third-order valence-corrected chi connectivity index (χ3v) is 6.08. The number of nitrogens with one attached hydrogen (secondary N) is 3. The number of hydrogen-bond acceptors (Lipinski definition) is 7. The van der Waals surface area contributed by atoms with Crippen LogP contribution in [0, 0.1) is 0 Å². The van der Waals surface area contributed by atoms with E-state index in [-0.39, 0.29) is 54.1 Å². The normalized spacial score (nSPS) is 15.4. The van der Waals surface area contributed by atoms with Crippen molar-refractivity contribution in [1.29, 1.82) is 0 Å². The number of amides is 1. The lowest BCUT2D eigenvalue weighted by molar-refractivity contribution is -0.133. The fourth-order valence-electron chi connectivity index (χ4n) is 4.06. The van der Waals surface area contributed by atoms with Crippen LogP contribution in [0.15, 0.2) is 71.1 Å². The third-order valence-electron chi connectivity index (χ3n) is 5.74. The van der Waals surface area contributed by atoms with Crippen LogP contribution in [0.4, 0.5) is 0 Å². The maximum absolute atomic E-state index is 12.3. The molecule has 10 nitrogen and oxygen atoms in total. The van der Waals surface area contributed by atoms with Crippen molar-refractivity contribution in [2.24, 2.45) is 0 Å². The summed E-state index contributed by atoms with van der Waals surface area (Å²) in [4.78, 5) is 41.7. The van der Waals surface area contributed by atoms with E-state index in [1.165, 1.54) is 0 Å². The molecule has 1 unspecified atom stereocenters. The van der Waals surface area contributed by atoms with E-state index in [2.05, 4.69) is 16.1 Å². The van der Waals surface area contributed by atoms with Crippen molar-refractivity contribution in [3.63, 3.8) is 0 Å². The number of carbonyl (C=O) groups is 3. The predicted octanol–water partition coefficient (Wildman–Crippen LogP) is 2.82. The molecule has 0 aliphatic carbocycles. The van der Waals surface area contributed by atoms with E-state index in [0.29, 0.717) is 22.4 Å². The molecule has 11 heteroatoms. The minimum absolute atomic E-state index is 0.0960. The molecule has 3 rings (SSSR count). The predicted molar refractivity (Wildman–Crippen MR) is 136 cm³/mol. The first-order valence-corrected chi connectivity index (χ1v) is 11.8. The van der Waals surface area contributed by atoms with Crippen LogP contribution >= 0.6 is 11.6 Å². The number of rotatable bonds is 12. The van der Waals surface area contributed by atoms with Gasteiger partial charge in [0, 0.05) is 29.9 Å². The lowest BCUT2D eigenvalue weighted by Gasteiger charge is -2.30. The van der Waals surface area contributed by atoms with Gasteiger partial charge in [0.1, 0.15) is 0 Å². The molecule has 1 aliphatic rings. The zero-order valence-corrected chi connectivity index (χ0v) is 21.1. The average Bonchev–Trinajstić information content (AvgIpc) is 2.87. The summed E-state index contributed by atoms with van der Waals surface area (Å²) in [6.45, 7) is 2.06. The van der Waals surface area contributed by atoms with Gasteiger partial charge in [0.25, 0.3) is 5.91 Å². The molecule has 0 fully saturated rings. The highest BCUT2D eigenvalue weighted by Crippen LogP contribution is 2.41. The maximum atomic E-state index is 12.3. The topological polar surface area (TPSA) is 146 Å². The average molecular weight is 530 g/mol. The van der Waals surface area contributed by atoms with E-state index in [1.807, 2.05) is 0 Å². The van der Waals surface area contributed by atoms with Crippen LogP contribution in [0.2, 0.25) is 5.02 Å². The number of allylic oxidation sites excluding steroid dienone is 1. The Morgan fingerprint density at radius 1 is 1.00 bits per heavy atom. The summed E-state index contributed by atoms with van der Waals surface area (Å²) in [7, 11) is 1.55. The molecular formula is C26H28ClN3O7. The van der Waals surface area contributed by atoms with E-state index < -0.39 is 17.9 Å². The Kier molecular flexibility index (Phi) is 9.81. The van der Waals surface area contributed by atoms with Gasteiger partial charge in [-0.05, 0) is 30.2 Å². The molecule has 5 N–H and O–H groups in total. The van der Waals surface area contributed by atoms with Crippen molar-refractivity contribution in [2.45, 2.75) is 19.4 Å². The molecule has 2 aromatic rings. The van der Waals surface area contributed by atoms with Crippen LogP contribution in [0.25, 0.3) is 0 Å². The summed E-state index contributed by atoms with van der Waals surface area (Å²) < 4.78 is 5.65. The van der Waals surface area contributed by atoms with Gasteiger partial charge in [0.2, 0.25) is 0 Å². The lowest BCUT2D eigenvalue weighted by Crippen LogP contribution is -2.34. The van der Waals surface area contributed by atoms with Gasteiger partial charge >= 0.3 is 11.9 Å². The van der Waals surface area contributed by atoms with Crippen molar-refractivity contribution in [1.82, 2.24) is 16.1 Å². The van der Waals surface area contributed by atoms with Crippen molar-refractivity contribution in [3.8, 4) is 0 Å². The minimum atomic E-state index is -1.28. The molecule has 0 bridgehead atoms. The van der Waals surface area contributed by atoms with Crippen molar-refractivity contribution >= 4 is 29.4 Å². The number of hydroxylamine groups is 1. The fraction of sp³-hybridized carbons (Fsp3) is 0.269. The van der Waals surface area contributed by atoms with Crippen LogP contribution in [0.5, 0.6) is 0 Å². The number of hydrogen-bond donors (Lipinski definition) is 5. The van der Waals surface area contributed by atoms with Gasteiger partial charge in [0.15, 0.2) is 0 Å². The molecule has 0 saturated carbocycles. The monoisotopic (exact) mass is 529 g/mol. The van der Waals surface area contributed by atoms with Gasteiger partial charge in [-0.15, -0.1) is 0 Å². The molecule has 0 spiro atoms. The van der Waals surface area contributed by atoms with E-state index in [4.69, 9.17) is 21.2 Å². The van der Waals surface area contributed by atoms with E-state index in [0.717, 1.165) is 0 Å².